The zero-order valence-electron chi connectivity index (χ0n) is 17.0. The quantitative estimate of drug-likeness (QED) is 0.245. The number of thioether (sulfide) groups is 1. The van der Waals surface area contributed by atoms with E-state index in [4.69, 9.17) is 28.9 Å². The molecule has 0 aromatic heterocycles. The van der Waals surface area contributed by atoms with Crippen molar-refractivity contribution in [3.63, 3.8) is 0 Å². The second-order valence-corrected chi connectivity index (χ2v) is 8.67. The first-order valence-electron chi connectivity index (χ1n) is 9.50. The molecule has 6 nitrogen and oxygen atoms in total. The normalized spacial score (nSPS) is 10.3. The van der Waals surface area contributed by atoms with Crippen LogP contribution in [0.3, 0.4) is 0 Å². The predicted molar refractivity (Wildman–Crippen MR) is 135 cm³/mol. The molecule has 3 aromatic carbocycles. The van der Waals surface area contributed by atoms with Gasteiger partial charge in [0.05, 0.1) is 16.3 Å². The number of carbonyl (C=O) groups excluding carboxylic acids is 1. The molecule has 9 heteroatoms. The van der Waals surface area contributed by atoms with Gasteiger partial charge in [0.25, 0.3) is 0 Å². The van der Waals surface area contributed by atoms with Gasteiger partial charge in [-0.15, -0.1) is 11.8 Å². The van der Waals surface area contributed by atoms with Crippen LogP contribution in [0.1, 0.15) is 15.9 Å². The average Bonchev–Trinajstić information content (AvgIpc) is 2.75. The first-order chi connectivity index (χ1) is 15.3. The van der Waals surface area contributed by atoms with Crippen molar-refractivity contribution in [1.29, 1.82) is 0 Å². The number of benzene rings is 3. The van der Waals surface area contributed by atoms with Crippen molar-refractivity contribution in [2.24, 2.45) is 0 Å². The lowest BCUT2D eigenvalue weighted by molar-refractivity contribution is -0.113. The van der Waals surface area contributed by atoms with E-state index in [0.717, 1.165) is 16.3 Å². The van der Waals surface area contributed by atoms with Crippen molar-refractivity contribution >= 4 is 69.6 Å². The second kappa shape index (κ2) is 11.0. The van der Waals surface area contributed by atoms with Crippen molar-refractivity contribution in [1.82, 2.24) is 0 Å². The summed E-state index contributed by atoms with van der Waals surface area (Å²) in [6, 6.07) is 19.8. The molecule has 164 valence electrons. The number of halogens is 1. The van der Waals surface area contributed by atoms with Crippen molar-refractivity contribution in [2.75, 3.05) is 21.7 Å². The predicted octanol–water partition coefficient (Wildman–Crippen LogP) is 5.89. The van der Waals surface area contributed by atoms with Crippen LogP contribution in [0.5, 0.6) is 0 Å². The van der Waals surface area contributed by atoms with E-state index >= 15 is 0 Å². The third kappa shape index (κ3) is 6.98. The van der Waals surface area contributed by atoms with E-state index in [-0.39, 0.29) is 22.2 Å². The Morgan fingerprint density at radius 2 is 1.59 bits per heavy atom. The molecular weight excluding hydrogens is 466 g/mol. The van der Waals surface area contributed by atoms with Gasteiger partial charge in [-0.3, -0.25) is 4.79 Å². The summed E-state index contributed by atoms with van der Waals surface area (Å²) in [5.74, 6) is -1.26. The monoisotopic (exact) mass is 485 g/mol. The molecule has 0 radical (unpaired) electrons. The first kappa shape index (κ1) is 23.6. The standard InChI is InChI=1S/C23H20ClN3O3S2/c1-14-5-7-15(8-6-14)26-23(31)27-16-3-2-4-18(11-16)32-13-21(28)25-17-9-10-20(24)19(12-17)22(29)30/h2-12H,13H2,1H3,(H,25,28)(H,29,30)(H2,26,27,31). The fourth-order valence-corrected chi connectivity index (χ4v) is 3.90. The largest absolute Gasteiger partial charge is 0.478 e. The summed E-state index contributed by atoms with van der Waals surface area (Å²) in [6.07, 6.45) is 0. The molecule has 0 saturated carbocycles. The van der Waals surface area contributed by atoms with Gasteiger partial charge in [0.15, 0.2) is 5.11 Å². The van der Waals surface area contributed by atoms with Crippen LogP contribution in [0.15, 0.2) is 71.6 Å². The van der Waals surface area contributed by atoms with Gasteiger partial charge in [-0.1, -0.05) is 35.4 Å². The van der Waals surface area contributed by atoms with E-state index < -0.39 is 5.97 Å². The molecule has 0 aliphatic rings. The molecule has 0 aliphatic carbocycles. The third-order valence-corrected chi connectivity index (χ3v) is 5.78. The van der Waals surface area contributed by atoms with E-state index in [0.29, 0.717) is 10.8 Å². The molecule has 0 fully saturated rings. The Kier molecular flexibility index (Phi) is 8.10. The molecule has 4 N–H and O–H groups in total. The summed E-state index contributed by atoms with van der Waals surface area (Å²) in [6.45, 7) is 2.02. The Morgan fingerprint density at radius 3 is 2.31 bits per heavy atom. The molecule has 32 heavy (non-hydrogen) atoms. The van der Waals surface area contributed by atoms with Gasteiger partial charge in [0.1, 0.15) is 0 Å². The summed E-state index contributed by atoms with van der Waals surface area (Å²) in [5, 5.41) is 18.7. The molecule has 0 unspecified atom stereocenters. The second-order valence-electron chi connectivity index (χ2n) is 6.81. The fraction of sp³-hybridized carbons (Fsp3) is 0.0870. The summed E-state index contributed by atoms with van der Waals surface area (Å²) >= 11 is 12.6. The van der Waals surface area contributed by atoms with Crippen molar-refractivity contribution in [3.05, 3.63) is 82.9 Å². The summed E-state index contributed by atoms with van der Waals surface area (Å²) in [7, 11) is 0. The highest BCUT2D eigenvalue weighted by atomic mass is 35.5. The maximum Gasteiger partial charge on any atom is 0.337 e. The van der Waals surface area contributed by atoms with Gasteiger partial charge in [-0.2, -0.15) is 0 Å². The van der Waals surface area contributed by atoms with Crippen LogP contribution in [0.4, 0.5) is 17.1 Å². The minimum Gasteiger partial charge on any atom is -0.478 e. The number of rotatable bonds is 7. The number of aryl methyl sites for hydroxylation is 1. The van der Waals surface area contributed by atoms with Gasteiger partial charge in [-0.05, 0) is 67.7 Å². The summed E-state index contributed by atoms with van der Waals surface area (Å²) in [4.78, 5) is 24.3. The molecule has 0 aliphatic heterocycles. The zero-order valence-corrected chi connectivity index (χ0v) is 19.4. The molecular formula is C23H20ClN3O3S2. The lowest BCUT2D eigenvalue weighted by Crippen LogP contribution is -2.19. The molecule has 0 atom stereocenters. The van der Waals surface area contributed by atoms with Crippen LogP contribution >= 0.6 is 35.6 Å². The molecule has 3 rings (SSSR count). The Balaban J connectivity index is 1.53. The SMILES string of the molecule is Cc1ccc(NC(=S)Nc2cccc(SCC(=O)Nc3ccc(Cl)c(C(=O)O)c3)c2)cc1. The number of hydrogen-bond acceptors (Lipinski definition) is 4. The Hall–Kier alpha value is -3.07. The zero-order chi connectivity index (χ0) is 23.1. The molecule has 0 heterocycles. The Labute approximate surface area is 200 Å². The number of carboxylic acid groups (broad SMARTS) is 1. The highest BCUT2D eigenvalue weighted by Gasteiger charge is 2.11. The van der Waals surface area contributed by atoms with Crippen molar-refractivity contribution in [2.45, 2.75) is 11.8 Å². The van der Waals surface area contributed by atoms with Gasteiger partial charge < -0.3 is 21.1 Å². The summed E-state index contributed by atoms with van der Waals surface area (Å²) < 4.78 is 0. The topological polar surface area (TPSA) is 90.5 Å². The number of aromatic carboxylic acids is 1. The van der Waals surface area contributed by atoms with Crippen LogP contribution in [-0.2, 0) is 4.79 Å². The number of carboxylic acids is 1. The number of thiocarbonyl (C=S) groups is 1. The van der Waals surface area contributed by atoms with Gasteiger partial charge in [0, 0.05) is 22.0 Å². The van der Waals surface area contributed by atoms with E-state index in [9.17, 15) is 9.59 Å². The number of amides is 1. The highest BCUT2D eigenvalue weighted by molar-refractivity contribution is 8.00. The van der Waals surface area contributed by atoms with Crippen LogP contribution < -0.4 is 16.0 Å². The first-order valence-corrected chi connectivity index (χ1v) is 11.3. The van der Waals surface area contributed by atoms with Crippen molar-refractivity contribution in [3.8, 4) is 0 Å². The highest BCUT2D eigenvalue weighted by Crippen LogP contribution is 2.24. The molecule has 1 amide bonds. The molecule has 0 spiro atoms. The fourth-order valence-electron chi connectivity index (χ4n) is 2.71. The smallest absolute Gasteiger partial charge is 0.337 e. The molecule has 0 saturated heterocycles. The van der Waals surface area contributed by atoms with E-state index in [1.54, 1.807) is 6.07 Å². The van der Waals surface area contributed by atoms with Gasteiger partial charge in [-0.25, -0.2) is 4.79 Å². The van der Waals surface area contributed by atoms with Gasteiger partial charge >= 0.3 is 5.97 Å². The lowest BCUT2D eigenvalue weighted by atomic mass is 10.2. The van der Waals surface area contributed by atoms with Crippen LogP contribution in [0.2, 0.25) is 5.02 Å². The van der Waals surface area contributed by atoms with Crippen molar-refractivity contribution < 1.29 is 14.7 Å². The Morgan fingerprint density at radius 1 is 0.938 bits per heavy atom. The number of hydrogen-bond donors (Lipinski definition) is 4. The lowest BCUT2D eigenvalue weighted by Gasteiger charge is -2.12. The van der Waals surface area contributed by atoms with Crippen LogP contribution in [0.25, 0.3) is 0 Å². The Bertz CT molecular complexity index is 1150. The van der Waals surface area contributed by atoms with Crippen LogP contribution in [-0.4, -0.2) is 27.8 Å². The van der Waals surface area contributed by atoms with E-state index in [1.165, 1.54) is 29.5 Å². The minimum absolute atomic E-state index is 0.0638. The maximum absolute atomic E-state index is 12.3. The van der Waals surface area contributed by atoms with E-state index in [2.05, 4.69) is 16.0 Å². The third-order valence-electron chi connectivity index (χ3n) is 4.25. The van der Waals surface area contributed by atoms with Crippen LogP contribution in [0, 0.1) is 6.92 Å². The van der Waals surface area contributed by atoms with Gasteiger partial charge in [0.2, 0.25) is 5.91 Å². The van der Waals surface area contributed by atoms with E-state index in [1.807, 2.05) is 55.5 Å². The molecule has 3 aromatic rings. The number of carbonyl (C=O) groups is 2. The number of anilines is 3. The molecule has 0 bridgehead atoms. The number of nitrogens with one attached hydrogen (secondary N) is 3. The maximum atomic E-state index is 12.3. The summed E-state index contributed by atoms with van der Waals surface area (Å²) in [5.41, 5.74) is 3.17. The average molecular weight is 486 g/mol. The minimum atomic E-state index is -1.15.